The van der Waals surface area contributed by atoms with Crippen LogP contribution in [-0.2, 0) is 10.0 Å². The largest absolute Gasteiger partial charge is 0.465 e. The van der Waals surface area contributed by atoms with Crippen molar-refractivity contribution in [3.63, 3.8) is 0 Å². The minimum Gasteiger partial charge on any atom is -0.465 e. The average Bonchev–Trinajstić information content (AvgIpc) is 3.41. The lowest BCUT2D eigenvalue weighted by molar-refractivity contribution is 0.152. The summed E-state index contributed by atoms with van der Waals surface area (Å²) in [5, 5.41) is 22.8. The highest BCUT2D eigenvalue weighted by molar-refractivity contribution is 7.92. The molecule has 12 heteroatoms. The summed E-state index contributed by atoms with van der Waals surface area (Å²) in [6.45, 7) is 1.40. The van der Waals surface area contributed by atoms with Crippen LogP contribution in [0.3, 0.4) is 0 Å². The number of halogens is 1. The van der Waals surface area contributed by atoms with E-state index in [9.17, 15) is 22.9 Å². The van der Waals surface area contributed by atoms with E-state index in [4.69, 9.17) is 5.11 Å². The molecule has 1 amide bonds. The number of aromatic amines is 1. The standard InChI is InChI=1S/C18H17FN6O4S/c1-10-2-3-14(17-16(10)11(4-20)5-21-17)23-30(28,29)12-6-22-25(7-12)15-9-24(18(26)27)8-13(15)19/h2-3,5-7,13,15,21,23H,8-9H2,1H3,(H,26,27)/t13-,15+/m1/s1. The van der Waals surface area contributed by atoms with Crippen molar-refractivity contribution in [1.29, 1.82) is 5.26 Å². The summed E-state index contributed by atoms with van der Waals surface area (Å²) in [6.07, 6.45) is 1.02. The number of hydrogen-bond acceptors (Lipinski definition) is 5. The van der Waals surface area contributed by atoms with Crippen LogP contribution in [0.4, 0.5) is 14.9 Å². The first-order valence-electron chi connectivity index (χ1n) is 8.91. The Labute approximate surface area is 170 Å². The van der Waals surface area contributed by atoms with Crippen LogP contribution in [-0.4, -0.2) is 58.5 Å². The van der Waals surface area contributed by atoms with Crippen molar-refractivity contribution < 1.29 is 22.7 Å². The van der Waals surface area contributed by atoms with Gasteiger partial charge in [-0.2, -0.15) is 10.4 Å². The van der Waals surface area contributed by atoms with E-state index in [-0.39, 0.29) is 23.7 Å². The predicted molar refractivity (Wildman–Crippen MR) is 104 cm³/mol. The van der Waals surface area contributed by atoms with Gasteiger partial charge in [0, 0.05) is 24.3 Å². The van der Waals surface area contributed by atoms with E-state index in [0.29, 0.717) is 16.5 Å². The van der Waals surface area contributed by atoms with Gasteiger partial charge < -0.3 is 15.0 Å². The molecule has 3 aromatic rings. The fourth-order valence-electron chi connectivity index (χ4n) is 3.59. The second-order valence-electron chi connectivity index (χ2n) is 7.03. The molecule has 1 aliphatic rings. The molecule has 3 N–H and O–H groups in total. The van der Waals surface area contributed by atoms with Gasteiger partial charge >= 0.3 is 6.09 Å². The Kier molecular flexibility index (Phi) is 4.62. The number of nitrogens with one attached hydrogen (secondary N) is 2. The molecule has 0 spiro atoms. The van der Waals surface area contributed by atoms with Crippen molar-refractivity contribution in [3.8, 4) is 6.07 Å². The number of carboxylic acid groups (broad SMARTS) is 1. The Balaban J connectivity index is 1.63. The van der Waals surface area contributed by atoms with Crippen molar-refractivity contribution in [2.45, 2.75) is 24.0 Å². The number of benzene rings is 1. The summed E-state index contributed by atoms with van der Waals surface area (Å²) in [5.74, 6) is 0. The molecular formula is C18H17FN6O4S. The lowest BCUT2D eigenvalue weighted by Crippen LogP contribution is -2.27. The Morgan fingerprint density at radius 1 is 1.43 bits per heavy atom. The van der Waals surface area contributed by atoms with Gasteiger partial charge in [0.05, 0.1) is 29.5 Å². The first kappa shape index (κ1) is 19.7. The van der Waals surface area contributed by atoms with Crippen LogP contribution in [0.1, 0.15) is 17.2 Å². The fourth-order valence-corrected chi connectivity index (χ4v) is 4.60. The minimum absolute atomic E-state index is 0.122. The van der Waals surface area contributed by atoms with Gasteiger partial charge in [-0.3, -0.25) is 9.40 Å². The zero-order chi connectivity index (χ0) is 21.6. The summed E-state index contributed by atoms with van der Waals surface area (Å²) in [7, 11) is -4.06. The number of fused-ring (bicyclic) bond motifs is 1. The molecule has 1 aromatic carbocycles. The molecular weight excluding hydrogens is 415 g/mol. The van der Waals surface area contributed by atoms with Crippen LogP contribution in [0, 0.1) is 18.3 Å². The zero-order valence-electron chi connectivity index (χ0n) is 15.7. The van der Waals surface area contributed by atoms with Gasteiger partial charge in [0.25, 0.3) is 10.0 Å². The van der Waals surface area contributed by atoms with Crippen molar-refractivity contribution >= 4 is 32.7 Å². The number of nitriles is 1. The fraction of sp³-hybridized carbons (Fsp3) is 0.278. The van der Waals surface area contributed by atoms with Crippen LogP contribution < -0.4 is 4.72 Å². The number of aryl methyl sites for hydroxylation is 1. The summed E-state index contributed by atoms with van der Waals surface area (Å²) in [5.41, 5.74) is 1.94. The molecule has 3 heterocycles. The molecule has 1 aliphatic heterocycles. The molecule has 0 aliphatic carbocycles. The predicted octanol–water partition coefficient (Wildman–Crippen LogP) is 2.22. The number of H-pyrrole nitrogens is 1. The Morgan fingerprint density at radius 2 is 2.20 bits per heavy atom. The smallest absolute Gasteiger partial charge is 0.407 e. The van der Waals surface area contributed by atoms with Crippen LogP contribution in [0.25, 0.3) is 10.9 Å². The molecule has 30 heavy (non-hydrogen) atoms. The van der Waals surface area contributed by atoms with E-state index in [2.05, 4.69) is 20.9 Å². The lowest BCUT2D eigenvalue weighted by atomic mass is 10.1. The van der Waals surface area contributed by atoms with Gasteiger partial charge in [-0.05, 0) is 18.6 Å². The van der Waals surface area contributed by atoms with Gasteiger partial charge in [0.1, 0.15) is 23.2 Å². The van der Waals surface area contributed by atoms with Gasteiger partial charge in [0.15, 0.2) is 0 Å². The third kappa shape index (κ3) is 3.22. The summed E-state index contributed by atoms with van der Waals surface area (Å²) in [6, 6.07) is 4.43. The minimum atomic E-state index is -4.06. The molecule has 0 bridgehead atoms. The molecule has 10 nitrogen and oxygen atoms in total. The quantitative estimate of drug-likeness (QED) is 0.577. The second-order valence-corrected chi connectivity index (χ2v) is 8.71. The molecule has 1 fully saturated rings. The van der Waals surface area contributed by atoms with Crippen LogP contribution >= 0.6 is 0 Å². The summed E-state index contributed by atoms with van der Waals surface area (Å²) in [4.78, 5) is 14.7. The lowest BCUT2D eigenvalue weighted by Gasteiger charge is -2.12. The maximum Gasteiger partial charge on any atom is 0.407 e. The third-order valence-corrected chi connectivity index (χ3v) is 6.45. The van der Waals surface area contributed by atoms with Crippen LogP contribution in [0.2, 0.25) is 0 Å². The van der Waals surface area contributed by atoms with Gasteiger partial charge in [-0.15, -0.1) is 0 Å². The SMILES string of the molecule is Cc1ccc(NS(=O)(=O)c2cnn([C@H]3CN(C(=O)O)C[C@H]3F)c2)c2[nH]cc(C#N)c12. The van der Waals surface area contributed by atoms with E-state index in [1.54, 1.807) is 12.1 Å². The van der Waals surface area contributed by atoms with Gasteiger partial charge in [0.2, 0.25) is 0 Å². The van der Waals surface area contributed by atoms with E-state index < -0.39 is 28.3 Å². The third-order valence-electron chi connectivity index (χ3n) is 5.13. The molecule has 2 aromatic heterocycles. The van der Waals surface area contributed by atoms with Crippen LogP contribution in [0.5, 0.6) is 0 Å². The number of carbonyl (C=O) groups is 1. The maximum atomic E-state index is 14.2. The monoisotopic (exact) mass is 432 g/mol. The Morgan fingerprint density at radius 3 is 2.87 bits per heavy atom. The summed E-state index contributed by atoms with van der Waals surface area (Å²) < 4.78 is 43.5. The van der Waals surface area contributed by atoms with Crippen molar-refractivity contribution in [2.75, 3.05) is 17.8 Å². The average molecular weight is 432 g/mol. The normalized spacial score (nSPS) is 19.2. The van der Waals surface area contributed by atoms with E-state index >= 15 is 0 Å². The molecule has 0 saturated carbocycles. The molecule has 4 rings (SSSR count). The molecule has 156 valence electrons. The van der Waals surface area contributed by atoms with Crippen LogP contribution in [0.15, 0.2) is 35.6 Å². The highest BCUT2D eigenvalue weighted by Gasteiger charge is 2.37. The summed E-state index contributed by atoms with van der Waals surface area (Å²) >= 11 is 0. The van der Waals surface area contributed by atoms with E-state index in [1.165, 1.54) is 12.4 Å². The maximum absolute atomic E-state index is 14.2. The number of rotatable bonds is 4. The number of nitrogens with zero attached hydrogens (tertiary/aromatic N) is 4. The number of sulfonamides is 1. The van der Waals surface area contributed by atoms with E-state index in [0.717, 1.165) is 21.3 Å². The first-order valence-corrected chi connectivity index (χ1v) is 10.4. The number of aromatic nitrogens is 3. The molecule has 1 saturated heterocycles. The number of alkyl halides is 1. The molecule has 0 radical (unpaired) electrons. The number of hydrogen-bond donors (Lipinski definition) is 3. The first-order chi connectivity index (χ1) is 14.2. The topological polar surface area (TPSA) is 144 Å². The number of likely N-dealkylation sites (tertiary alicyclic amines) is 1. The highest BCUT2D eigenvalue weighted by atomic mass is 32.2. The Hall–Kier alpha value is -3.59. The molecule has 0 unspecified atom stereocenters. The Bertz CT molecular complexity index is 1290. The van der Waals surface area contributed by atoms with Crippen molar-refractivity contribution in [2.24, 2.45) is 0 Å². The van der Waals surface area contributed by atoms with Gasteiger partial charge in [-0.25, -0.2) is 17.6 Å². The number of amides is 1. The van der Waals surface area contributed by atoms with Gasteiger partial charge in [-0.1, -0.05) is 6.07 Å². The van der Waals surface area contributed by atoms with Crippen molar-refractivity contribution in [1.82, 2.24) is 19.7 Å². The molecule has 2 atom stereocenters. The highest BCUT2D eigenvalue weighted by Crippen LogP contribution is 2.30. The zero-order valence-corrected chi connectivity index (χ0v) is 16.5. The van der Waals surface area contributed by atoms with Crippen molar-refractivity contribution in [3.05, 3.63) is 41.9 Å². The second kappa shape index (κ2) is 7.03. The van der Waals surface area contributed by atoms with E-state index in [1.807, 2.05) is 6.92 Å². The number of anilines is 1.